The van der Waals surface area contributed by atoms with Crippen LogP contribution in [-0.2, 0) is 0 Å². The second-order valence-electron chi connectivity index (χ2n) is 3.33. The number of allylic oxidation sites excluding steroid dienone is 1. The molecule has 0 aliphatic rings. The Hall–Kier alpha value is -1.74. The minimum absolute atomic E-state index is 1.04. The zero-order chi connectivity index (χ0) is 13.4. The van der Waals surface area contributed by atoms with E-state index in [1.807, 2.05) is 51.1 Å². The van der Waals surface area contributed by atoms with Crippen LogP contribution in [0.1, 0.15) is 31.3 Å². The molecule has 0 saturated carbocycles. The van der Waals surface area contributed by atoms with Crippen molar-refractivity contribution in [3.8, 4) is 0 Å². The van der Waals surface area contributed by atoms with Gasteiger partial charge in [-0.05, 0) is 31.2 Å². The molecular weight excluding hydrogens is 240 g/mol. The fourth-order valence-corrected chi connectivity index (χ4v) is 2.40. The van der Waals surface area contributed by atoms with E-state index in [0.717, 1.165) is 16.1 Å². The van der Waals surface area contributed by atoms with E-state index in [0.29, 0.717) is 0 Å². The average molecular weight is 260 g/mol. The van der Waals surface area contributed by atoms with Crippen molar-refractivity contribution in [1.29, 1.82) is 0 Å². The van der Waals surface area contributed by atoms with Gasteiger partial charge in [-0.1, -0.05) is 38.6 Å². The minimum Gasteiger partial charge on any atom is -0.299 e. The van der Waals surface area contributed by atoms with Crippen molar-refractivity contribution in [3.63, 3.8) is 0 Å². The van der Waals surface area contributed by atoms with Gasteiger partial charge >= 0.3 is 0 Å². The molecule has 0 aliphatic heterocycles. The molecule has 1 aromatic carbocycles. The second kappa shape index (κ2) is 7.56. The third-order valence-corrected chi connectivity index (χ3v) is 3.41. The zero-order valence-corrected chi connectivity index (χ0v) is 12.0. The first-order valence-electron chi connectivity index (χ1n) is 6.13. The topological polar surface area (TPSA) is 31.6 Å². The van der Waals surface area contributed by atoms with Crippen LogP contribution in [-0.4, -0.2) is 10.2 Å². The first-order valence-corrected chi connectivity index (χ1v) is 6.95. The van der Waals surface area contributed by atoms with Crippen molar-refractivity contribution in [2.45, 2.75) is 20.8 Å². The summed E-state index contributed by atoms with van der Waals surface area (Å²) in [5.41, 5.74) is 2.13. The standard InChI is InChI=1S/C13H14N2S.C2H6/c1-3-7-10-12(4-2)16-13-9-6-5-8-11(13)15-14-10;1-2/h3-9,14-15H,2H2,1H3;1-2H3/b7-3-;. The minimum atomic E-state index is 1.04. The van der Waals surface area contributed by atoms with Crippen molar-refractivity contribution in [3.05, 3.63) is 47.5 Å². The van der Waals surface area contributed by atoms with E-state index in [1.54, 1.807) is 11.3 Å². The number of fused-ring (bicyclic) bond motifs is 1. The molecule has 96 valence electrons. The van der Waals surface area contributed by atoms with Gasteiger partial charge in [0.05, 0.1) is 20.8 Å². The van der Waals surface area contributed by atoms with E-state index in [2.05, 4.69) is 28.9 Å². The summed E-state index contributed by atoms with van der Waals surface area (Å²) in [5, 5.41) is 6.39. The number of aromatic amines is 2. The summed E-state index contributed by atoms with van der Waals surface area (Å²) in [5.74, 6) is 0. The molecule has 1 heterocycles. The first kappa shape index (κ1) is 14.3. The van der Waals surface area contributed by atoms with Crippen LogP contribution in [0.25, 0.3) is 22.4 Å². The monoisotopic (exact) mass is 260 g/mol. The molecular formula is C15H20N2S. The normalized spacial score (nSPS) is 9.94. The SMILES string of the molecule is C=Cc1sc2ccccc2[nH][nH]c1/C=C\C.CC. The molecule has 0 saturated heterocycles. The van der Waals surface area contributed by atoms with Crippen molar-refractivity contribution in [1.82, 2.24) is 10.2 Å². The lowest BCUT2D eigenvalue weighted by Gasteiger charge is -1.92. The molecule has 0 aliphatic carbocycles. The van der Waals surface area contributed by atoms with Crippen LogP contribution in [0.3, 0.4) is 0 Å². The van der Waals surface area contributed by atoms with Gasteiger partial charge in [0.15, 0.2) is 0 Å². The van der Waals surface area contributed by atoms with Gasteiger partial charge in [-0.15, -0.1) is 11.3 Å². The number of nitrogens with one attached hydrogen (secondary N) is 2. The maximum atomic E-state index is 3.85. The van der Waals surface area contributed by atoms with E-state index in [-0.39, 0.29) is 0 Å². The summed E-state index contributed by atoms with van der Waals surface area (Å²) in [6, 6.07) is 8.20. The maximum Gasteiger partial charge on any atom is 0.0712 e. The molecule has 2 N–H and O–H groups in total. The molecule has 2 rings (SSSR count). The number of hydrogen-bond donors (Lipinski definition) is 2. The van der Waals surface area contributed by atoms with Crippen molar-refractivity contribution in [2.75, 3.05) is 0 Å². The molecule has 0 unspecified atom stereocenters. The quantitative estimate of drug-likeness (QED) is 0.726. The van der Waals surface area contributed by atoms with Gasteiger partial charge in [-0.25, -0.2) is 0 Å². The van der Waals surface area contributed by atoms with Crippen LogP contribution in [0.15, 0.2) is 36.9 Å². The van der Waals surface area contributed by atoms with Crippen molar-refractivity contribution in [2.24, 2.45) is 0 Å². The molecule has 2 nitrogen and oxygen atoms in total. The predicted molar refractivity (Wildman–Crippen MR) is 84.3 cm³/mol. The molecule has 2 aromatic rings. The highest BCUT2D eigenvalue weighted by Gasteiger charge is 1.97. The molecule has 0 radical (unpaired) electrons. The first-order chi connectivity index (χ1) is 8.85. The van der Waals surface area contributed by atoms with Crippen LogP contribution in [0.2, 0.25) is 0 Å². The van der Waals surface area contributed by atoms with E-state index < -0.39 is 0 Å². The van der Waals surface area contributed by atoms with Crippen LogP contribution in [0.5, 0.6) is 0 Å². The Morgan fingerprint density at radius 2 is 1.89 bits per heavy atom. The summed E-state index contributed by atoms with van der Waals surface area (Å²) < 4.78 is 1.20. The second-order valence-corrected chi connectivity index (χ2v) is 4.41. The summed E-state index contributed by atoms with van der Waals surface area (Å²) in [7, 11) is 0. The van der Waals surface area contributed by atoms with Crippen LogP contribution in [0.4, 0.5) is 0 Å². The Morgan fingerprint density at radius 1 is 1.17 bits per heavy atom. The number of H-pyrrole nitrogens is 2. The fraction of sp³-hybridized carbons (Fsp3) is 0.200. The lowest BCUT2D eigenvalue weighted by molar-refractivity contribution is 1.07. The fourth-order valence-electron chi connectivity index (χ4n) is 1.47. The molecule has 0 fully saturated rings. The van der Waals surface area contributed by atoms with Gasteiger partial charge in [0.25, 0.3) is 0 Å². The van der Waals surface area contributed by atoms with Gasteiger partial charge in [0.1, 0.15) is 0 Å². The highest BCUT2D eigenvalue weighted by atomic mass is 32.1. The van der Waals surface area contributed by atoms with Gasteiger partial charge < -0.3 is 0 Å². The molecule has 0 atom stereocenters. The largest absolute Gasteiger partial charge is 0.299 e. The number of aromatic nitrogens is 2. The lowest BCUT2D eigenvalue weighted by Crippen LogP contribution is -1.81. The molecule has 18 heavy (non-hydrogen) atoms. The van der Waals surface area contributed by atoms with E-state index in [4.69, 9.17) is 0 Å². The van der Waals surface area contributed by atoms with E-state index >= 15 is 0 Å². The Morgan fingerprint density at radius 3 is 2.56 bits per heavy atom. The number of para-hydroxylation sites is 1. The third-order valence-electron chi connectivity index (χ3n) is 2.22. The van der Waals surface area contributed by atoms with Crippen LogP contribution < -0.4 is 0 Å². The Balaban J connectivity index is 0.000000771. The van der Waals surface area contributed by atoms with Crippen molar-refractivity contribution < 1.29 is 0 Å². The van der Waals surface area contributed by atoms with E-state index in [9.17, 15) is 0 Å². The van der Waals surface area contributed by atoms with Gasteiger partial charge in [0.2, 0.25) is 0 Å². The zero-order valence-electron chi connectivity index (χ0n) is 11.2. The molecule has 0 amide bonds. The van der Waals surface area contributed by atoms with E-state index in [1.165, 1.54) is 4.70 Å². The third kappa shape index (κ3) is 3.37. The lowest BCUT2D eigenvalue weighted by atomic mass is 10.3. The Kier molecular flexibility index (Phi) is 6.01. The van der Waals surface area contributed by atoms with Gasteiger partial charge in [-0.3, -0.25) is 10.2 Å². The number of hydrogen-bond acceptors (Lipinski definition) is 1. The number of rotatable bonds is 2. The predicted octanol–water partition coefficient (Wildman–Crippen LogP) is 5.38. The van der Waals surface area contributed by atoms with Crippen LogP contribution >= 0.6 is 11.3 Å². The highest BCUT2D eigenvalue weighted by Crippen LogP contribution is 2.21. The van der Waals surface area contributed by atoms with Crippen LogP contribution in [0, 0.1) is 0 Å². The van der Waals surface area contributed by atoms with Gasteiger partial charge in [0, 0.05) is 0 Å². The van der Waals surface area contributed by atoms with Gasteiger partial charge in [-0.2, -0.15) is 0 Å². The summed E-state index contributed by atoms with van der Waals surface area (Å²) in [4.78, 5) is 1.12. The average Bonchev–Trinajstić information content (AvgIpc) is 2.61. The molecule has 0 spiro atoms. The summed E-state index contributed by atoms with van der Waals surface area (Å²) >= 11 is 1.71. The Labute approximate surface area is 112 Å². The molecule has 0 bridgehead atoms. The Bertz CT molecular complexity index is 568. The highest BCUT2D eigenvalue weighted by molar-refractivity contribution is 7.19. The van der Waals surface area contributed by atoms with Crippen molar-refractivity contribution >= 4 is 33.7 Å². The summed E-state index contributed by atoms with van der Waals surface area (Å²) in [6.45, 7) is 9.85. The number of benzene rings is 1. The smallest absolute Gasteiger partial charge is 0.0712 e. The molecule has 1 aromatic heterocycles. The summed E-state index contributed by atoms with van der Waals surface area (Å²) in [6.07, 6.45) is 5.91. The maximum absolute atomic E-state index is 3.85. The molecule has 3 heteroatoms.